The normalized spacial score (nSPS) is 11.6. The van der Waals surface area contributed by atoms with Crippen molar-refractivity contribution in [3.8, 4) is 22.6 Å². The maximum absolute atomic E-state index is 12.6. The minimum Gasteiger partial charge on any atom is -0.497 e. The van der Waals surface area contributed by atoms with Crippen LogP contribution in [-0.2, 0) is 0 Å². The van der Waals surface area contributed by atoms with Gasteiger partial charge in [0, 0.05) is 27.2 Å². The van der Waals surface area contributed by atoms with E-state index in [0.717, 1.165) is 33.1 Å². The highest BCUT2D eigenvalue weighted by Crippen LogP contribution is 2.36. The number of hydrogen-bond donors (Lipinski definition) is 0. The lowest BCUT2D eigenvalue weighted by atomic mass is 9.99. The molecule has 2 aromatic heterocycles. The van der Waals surface area contributed by atoms with Crippen molar-refractivity contribution in [2.75, 3.05) is 7.11 Å². The fourth-order valence-electron chi connectivity index (χ4n) is 5.23. The summed E-state index contributed by atoms with van der Waals surface area (Å²) in [7, 11) is 1.59. The number of rotatable bonds is 3. The molecule has 0 spiro atoms. The molecule has 0 radical (unpaired) electrons. The average molecular weight is 468 g/mol. The lowest BCUT2D eigenvalue weighted by Gasteiger charge is -2.09. The van der Waals surface area contributed by atoms with Gasteiger partial charge in [0.15, 0.2) is 0 Å². The van der Waals surface area contributed by atoms with Gasteiger partial charge in [-0.15, -0.1) is 0 Å². The van der Waals surface area contributed by atoms with Crippen molar-refractivity contribution in [3.63, 3.8) is 0 Å². The van der Waals surface area contributed by atoms with Crippen LogP contribution in [0, 0.1) is 0 Å². The molecule has 7 aromatic rings. The highest BCUT2D eigenvalue weighted by molar-refractivity contribution is 6.11. The van der Waals surface area contributed by atoms with Crippen molar-refractivity contribution in [2.24, 2.45) is 0 Å². The SMILES string of the molecule is COc1ccc2c(c1)c(=O)oc1ccc(-c3ccc4c(c3)c3ccccc3n4-c3ccccc3)cc12. The molecule has 0 aliphatic rings. The van der Waals surface area contributed by atoms with Crippen LogP contribution >= 0.6 is 0 Å². The summed E-state index contributed by atoms with van der Waals surface area (Å²) in [6.45, 7) is 0. The zero-order valence-electron chi connectivity index (χ0n) is 19.6. The predicted octanol–water partition coefficient (Wildman–Crippen LogP) is 7.72. The third-order valence-corrected chi connectivity index (χ3v) is 6.94. The van der Waals surface area contributed by atoms with E-state index in [2.05, 4.69) is 77.4 Å². The van der Waals surface area contributed by atoms with Crippen LogP contribution in [-0.4, -0.2) is 11.7 Å². The summed E-state index contributed by atoms with van der Waals surface area (Å²) >= 11 is 0. The van der Waals surface area contributed by atoms with Crippen LogP contribution in [0.1, 0.15) is 0 Å². The fraction of sp³-hybridized carbons (Fsp3) is 0.0312. The second-order valence-electron chi connectivity index (χ2n) is 8.93. The quantitative estimate of drug-likeness (QED) is 0.197. The topological polar surface area (TPSA) is 44.4 Å². The minimum atomic E-state index is -0.362. The third kappa shape index (κ3) is 3.05. The molecule has 0 unspecified atom stereocenters. The summed E-state index contributed by atoms with van der Waals surface area (Å²) in [5.41, 5.74) is 5.85. The molecule has 0 saturated heterocycles. The van der Waals surface area contributed by atoms with Crippen LogP contribution in [0.2, 0.25) is 0 Å². The van der Waals surface area contributed by atoms with Crippen LogP contribution in [0.25, 0.3) is 60.4 Å². The molecule has 0 N–H and O–H groups in total. The van der Waals surface area contributed by atoms with Crippen LogP contribution in [0.3, 0.4) is 0 Å². The molecule has 7 rings (SSSR count). The van der Waals surface area contributed by atoms with E-state index in [4.69, 9.17) is 9.15 Å². The number of benzene rings is 5. The van der Waals surface area contributed by atoms with Gasteiger partial charge in [-0.05, 0) is 71.8 Å². The Hall–Kier alpha value is -4.83. The van der Waals surface area contributed by atoms with Gasteiger partial charge >= 0.3 is 5.63 Å². The van der Waals surface area contributed by atoms with E-state index in [1.165, 1.54) is 16.3 Å². The molecule has 0 aliphatic heterocycles. The molecule has 2 heterocycles. The molecule has 0 aliphatic carbocycles. The van der Waals surface area contributed by atoms with E-state index in [1.807, 2.05) is 30.3 Å². The maximum Gasteiger partial charge on any atom is 0.344 e. The van der Waals surface area contributed by atoms with Crippen molar-refractivity contribution in [3.05, 3.63) is 120 Å². The molecule has 5 aromatic carbocycles. The number of fused-ring (bicyclic) bond motifs is 6. The molecule has 36 heavy (non-hydrogen) atoms. The van der Waals surface area contributed by atoms with E-state index in [0.29, 0.717) is 16.7 Å². The maximum atomic E-state index is 12.6. The summed E-state index contributed by atoms with van der Waals surface area (Å²) in [6.07, 6.45) is 0. The Bertz CT molecular complexity index is 2000. The van der Waals surface area contributed by atoms with Crippen LogP contribution in [0.5, 0.6) is 5.75 Å². The molecule has 0 fully saturated rings. The van der Waals surface area contributed by atoms with Crippen LogP contribution in [0.15, 0.2) is 118 Å². The summed E-state index contributed by atoms with van der Waals surface area (Å²) in [5, 5.41) is 4.67. The second-order valence-corrected chi connectivity index (χ2v) is 8.93. The fourth-order valence-corrected chi connectivity index (χ4v) is 5.23. The van der Waals surface area contributed by atoms with E-state index >= 15 is 0 Å². The van der Waals surface area contributed by atoms with E-state index < -0.39 is 0 Å². The molecule has 4 heteroatoms. The van der Waals surface area contributed by atoms with Gasteiger partial charge in [0.25, 0.3) is 0 Å². The Labute approximate surface area is 206 Å². The van der Waals surface area contributed by atoms with Crippen molar-refractivity contribution in [2.45, 2.75) is 0 Å². The molecule has 172 valence electrons. The zero-order chi connectivity index (χ0) is 24.2. The Morgan fingerprint density at radius 2 is 1.33 bits per heavy atom. The van der Waals surface area contributed by atoms with Crippen LogP contribution in [0.4, 0.5) is 0 Å². The van der Waals surface area contributed by atoms with Gasteiger partial charge in [-0.3, -0.25) is 0 Å². The van der Waals surface area contributed by atoms with Crippen LogP contribution < -0.4 is 10.4 Å². The van der Waals surface area contributed by atoms with Gasteiger partial charge in [-0.1, -0.05) is 48.5 Å². The molecule has 0 atom stereocenters. The number of hydrogen-bond acceptors (Lipinski definition) is 3. The van der Waals surface area contributed by atoms with E-state index in [1.54, 1.807) is 13.2 Å². The van der Waals surface area contributed by atoms with Gasteiger partial charge in [0.2, 0.25) is 0 Å². The third-order valence-electron chi connectivity index (χ3n) is 6.94. The van der Waals surface area contributed by atoms with E-state index in [9.17, 15) is 4.79 Å². The lowest BCUT2D eigenvalue weighted by Crippen LogP contribution is -2.00. The number of para-hydroxylation sites is 2. The number of nitrogens with zero attached hydrogens (tertiary/aromatic N) is 1. The molecule has 0 saturated carbocycles. The molecule has 0 bridgehead atoms. The van der Waals surface area contributed by atoms with Gasteiger partial charge in [-0.25, -0.2) is 4.79 Å². The number of aromatic nitrogens is 1. The Balaban J connectivity index is 1.47. The minimum absolute atomic E-state index is 0.362. The first-order valence-electron chi connectivity index (χ1n) is 11.8. The smallest absolute Gasteiger partial charge is 0.344 e. The summed E-state index contributed by atoms with van der Waals surface area (Å²) in [5.74, 6) is 0.630. The largest absolute Gasteiger partial charge is 0.497 e. The number of ether oxygens (including phenoxy) is 1. The Morgan fingerprint density at radius 3 is 2.17 bits per heavy atom. The highest BCUT2D eigenvalue weighted by atomic mass is 16.5. The zero-order valence-corrected chi connectivity index (χ0v) is 19.6. The van der Waals surface area contributed by atoms with Gasteiger partial charge in [0.05, 0.1) is 23.5 Å². The molecular formula is C32H21NO3. The van der Waals surface area contributed by atoms with E-state index in [-0.39, 0.29) is 5.63 Å². The Kier molecular flexibility index (Phi) is 4.48. The highest BCUT2D eigenvalue weighted by Gasteiger charge is 2.14. The standard InChI is InChI=1S/C32H21NO3/c1-35-23-13-14-24-27-18-21(12-16-31(27)36-32(34)28(24)19-23)20-11-15-30-26(17-20)25-9-5-6-10-29(25)33(30)22-7-3-2-4-8-22/h2-19H,1H3. The molecular weight excluding hydrogens is 446 g/mol. The summed E-state index contributed by atoms with van der Waals surface area (Å²) in [6, 6.07) is 37.1. The predicted molar refractivity (Wildman–Crippen MR) is 146 cm³/mol. The first-order valence-corrected chi connectivity index (χ1v) is 11.8. The van der Waals surface area contributed by atoms with Crippen molar-refractivity contribution in [1.29, 1.82) is 0 Å². The van der Waals surface area contributed by atoms with Gasteiger partial charge in [0.1, 0.15) is 11.3 Å². The lowest BCUT2D eigenvalue weighted by molar-refractivity contribution is 0.415. The number of methoxy groups -OCH3 is 1. The second kappa shape index (κ2) is 7.85. The molecule has 4 nitrogen and oxygen atoms in total. The Morgan fingerprint density at radius 1 is 0.611 bits per heavy atom. The van der Waals surface area contributed by atoms with Crippen molar-refractivity contribution < 1.29 is 9.15 Å². The molecule has 0 amide bonds. The van der Waals surface area contributed by atoms with Gasteiger partial charge in [-0.2, -0.15) is 0 Å². The van der Waals surface area contributed by atoms with Gasteiger partial charge < -0.3 is 13.7 Å². The first-order chi connectivity index (χ1) is 17.7. The monoisotopic (exact) mass is 467 g/mol. The average Bonchev–Trinajstić information content (AvgIpc) is 3.27. The first kappa shape index (κ1) is 20.5. The van der Waals surface area contributed by atoms with Crippen molar-refractivity contribution >= 4 is 43.5 Å². The summed E-state index contributed by atoms with van der Waals surface area (Å²) < 4.78 is 13.3. The summed E-state index contributed by atoms with van der Waals surface area (Å²) in [4.78, 5) is 12.6. The van der Waals surface area contributed by atoms with Crippen molar-refractivity contribution in [1.82, 2.24) is 4.57 Å².